The van der Waals surface area contributed by atoms with Gasteiger partial charge in [0.1, 0.15) is 24.4 Å². The van der Waals surface area contributed by atoms with Crippen molar-refractivity contribution in [1.82, 2.24) is 14.8 Å². The average molecular weight is 290 g/mol. The van der Waals surface area contributed by atoms with Gasteiger partial charge in [-0.1, -0.05) is 0 Å². The number of methoxy groups -OCH3 is 2. The number of aryl methyl sites for hydroxylation is 1. The van der Waals surface area contributed by atoms with Crippen LogP contribution in [0.25, 0.3) is 0 Å². The molecule has 8 heteroatoms. The van der Waals surface area contributed by atoms with Crippen LogP contribution >= 0.6 is 0 Å². The number of nitrogens with zero attached hydrogens (tertiary/aromatic N) is 4. The molecular weight excluding hydrogens is 272 g/mol. The summed E-state index contributed by atoms with van der Waals surface area (Å²) in [5.74, 6) is 2.18. The Morgan fingerprint density at radius 2 is 2.19 bits per heavy atom. The minimum atomic E-state index is 0.244. The molecule has 0 aliphatic heterocycles. The molecule has 8 nitrogen and oxygen atoms in total. The van der Waals surface area contributed by atoms with Gasteiger partial charge in [0.25, 0.3) is 0 Å². The number of nitrogens with one attached hydrogen (secondary N) is 1. The monoisotopic (exact) mass is 290 g/mol. The van der Waals surface area contributed by atoms with Crippen LogP contribution in [0.2, 0.25) is 0 Å². The molecule has 0 amide bonds. The Labute approximate surface area is 122 Å². The number of hydrogen-bond donors (Lipinski definition) is 2. The minimum Gasteiger partial charge on any atom is -0.497 e. The molecule has 0 spiro atoms. The molecule has 2 rings (SSSR count). The van der Waals surface area contributed by atoms with Crippen LogP contribution in [-0.4, -0.2) is 34.9 Å². The Morgan fingerprint density at radius 3 is 2.81 bits per heavy atom. The van der Waals surface area contributed by atoms with Gasteiger partial charge in [-0.3, -0.25) is 4.68 Å². The van der Waals surface area contributed by atoms with E-state index in [2.05, 4.69) is 20.4 Å². The fourth-order valence-electron chi connectivity index (χ4n) is 1.70. The van der Waals surface area contributed by atoms with Gasteiger partial charge in [0.05, 0.1) is 19.9 Å². The first-order valence-corrected chi connectivity index (χ1v) is 6.26. The molecule has 0 fully saturated rings. The molecule has 1 aromatic heterocycles. The molecule has 0 unspecified atom stereocenters. The summed E-state index contributed by atoms with van der Waals surface area (Å²) in [7, 11) is 4.97. The van der Waals surface area contributed by atoms with Gasteiger partial charge in [-0.2, -0.15) is 5.10 Å². The van der Waals surface area contributed by atoms with E-state index in [0.29, 0.717) is 29.6 Å². The van der Waals surface area contributed by atoms with Gasteiger partial charge in [0.2, 0.25) is 0 Å². The van der Waals surface area contributed by atoms with E-state index in [-0.39, 0.29) is 5.96 Å². The second-order valence-electron chi connectivity index (χ2n) is 4.23. The SMILES string of the molecule is COc1ccc(OC)c(NC(N)=NCc2ncn(C)n2)c1. The number of ether oxygens (including phenoxy) is 2. The van der Waals surface area contributed by atoms with E-state index in [1.165, 1.54) is 0 Å². The number of rotatable bonds is 5. The van der Waals surface area contributed by atoms with Crippen LogP contribution in [0, 0.1) is 0 Å². The fraction of sp³-hybridized carbons (Fsp3) is 0.308. The van der Waals surface area contributed by atoms with Gasteiger partial charge in [0.15, 0.2) is 11.8 Å². The van der Waals surface area contributed by atoms with Crippen molar-refractivity contribution in [1.29, 1.82) is 0 Å². The molecule has 112 valence electrons. The summed E-state index contributed by atoms with van der Waals surface area (Å²) in [6, 6.07) is 5.37. The molecule has 0 saturated heterocycles. The van der Waals surface area contributed by atoms with E-state index in [4.69, 9.17) is 15.2 Å². The van der Waals surface area contributed by atoms with Crippen LogP contribution in [0.15, 0.2) is 29.5 Å². The third kappa shape index (κ3) is 3.85. The van der Waals surface area contributed by atoms with Gasteiger partial charge < -0.3 is 20.5 Å². The smallest absolute Gasteiger partial charge is 0.193 e. The molecule has 0 aliphatic carbocycles. The summed E-state index contributed by atoms with van der Waals surface area (Å²) in [6.45, 7) is 0.298. The third-order valence-corrected chi connectivity index (χ3v) is 2.71. The Kier molecular flexibility index (Phi) is 4.60. The zero-order valence-corrected chi connectivity index (χ0v) is 12.2. The number of benzene rings is 1. The van der Waals surface area contributed by atoms with Crippen LogP contribution in [0.3, 0.4) is 0 Å². The standard InChI is InChI=1S/C13H18N6O2/c1-19-8-16-12(18-19)7-15-13(14)17-10-6-9(20-2)4-5-11(10)21-3/h4-6,8H,7H2,1-3H3,(H3,14,15,17). The number of nitrogens with two attached hydrogens (primary N) is 1. The normalized spacial score (nSPS) is 11.3. The highest BCUT2D eigenvalue weighted by Crippen LogP contribution is 2.28. The minimum absolute atomic E-state index is 0.244. The van der Waals surface area contributed by atoms with Crippen molar-refractivity contribution in [2.45, 2.75) is 6.54 Å². The van der Waals surface area contributed by atoms with Gasteiger partial charge in [-0.25, -0.2) is 9.98 Å². The van der Waals surface area contributed by atoms with Crippen molar-refractivity contribution >= 4 is 11.6 Å². The fourth-order valence-corrected chi connectivity index (χ4v) is 1.70. The number of hydrogen-bond acceptors (Lipinski definition) is 5. The first kappa shape index (κ1) is 14.6. The van der Waals surface area contributed by atoms with Gasteiger partial charge in [0, 0.05) is 13.1 Å². The lowest BCUT2D eigenvalue weighted by atomic mass is 10.2. The van der Waals surface area contributed by atoms with Gasteiger partial charge >= 0.3 is 0 Å². The predicted octanol–water partition coefficient (Wildman–Crippen LogP) is 0.759. The van der Waals surface area contributed by atoms with E-state index in [0.717, 1.165) is 0 Å². The van der Waals surface area contributed by atoms with Gasteiger partial charge in [-0.15, -0.1) is 0 Å². The van der Waals surface area contributed by atoms with E-state index in [9.17, 15) is 0 Å². The first-order chi connectivity index (χ1) is 10.1. The topological polar surface area (TPSA) is 99.6 Å². The summed E-state index contributed by atoms with van der Waals surface area (Å²) in [5, 5.41) is 7.09. The molecule has 1 heterocycles. The van der Waals surface area contributed by atoms with Crippen molar-refractivity contribution in [2.24, 2.45) is 17.8 Å². The van der Waals surface area contributed by atoms with E-state index in [1.807, 2.05) is 0 Å². The maximum Gasteiger partial charge on any atom is 0.193 e. The van der Waals surface area contributed by atoms with Crippen molar-refractivity contribution in [2.75, 3.05) is 19.5 Å². The number of anilines is 1. The van der Waals surface area contributed by atoms with Crippen LogP contribution in [-0.2, 0) is 13.6 Å². The summed E-state index contributed by atoms with van der Waals surface area (Å²) < 4.78 is 12.0. The summed E-state index contributed by atoms with van der Waals surface area (Å²) in [4.78, 5) is 8.26. The Morgan fingerprint density at radius 1 is 1.38 bits per heavy atom. The number of guanidine groups is 1. The summed E-state index contributed by atoms with van der Waals surface area (Å²) in [5.41, 5.74) is 6.53. The second kappa shape index (κ2) is 6.60. The lowest BCUT2D eigenvalue weighted by Crippen LogP contribution is -2.23. The van der Waals surface area contributed by atoms with Crippen LogP contribution < -0.4 is 20.5 Å². The molecular formula is C13H18N6O2. The number of aromatic nitrogens is 3. The van der Waals surface area contributed by atoms with Crippen LogP contribution in [0.1, 0.15) is 5.82 Å². The largest absolute Gasteiger partial charge is 0.497 e. The molecule has 3 N–H and O–H groups in total. The van der Waals surface area contributed by atoms with Crippen LogP contribution in [0.5, 0.6) is 11.5 Å². The zero-order chi connectivity index (χ0) is 15.2. The van der Waals surface area contributed by atoms with E-state index >= 15 is 0 Å². The average Bonchev–Trinajstić information content (AvgIpc) is 2.90. The molecule has 0 aliphatic rings. The Hall–Kier alpha value is -2.77. The molecule has 0 saturated carbocycles. The molecule has 2 aromatic rings. The maximum atomic E-state index is 5.86. The quantitative estimate of drug-likeness (QED) is 0.623. The highest BCUT2D eigenvalue weighted by Gasteiger charge is 2.06. The van der Waals surface area contributed by atoms with Crippen molar-refractivity contribution in [3.63, 3.8) is 0 Å². The maximum absolute atomic E-state index is 5.86. The second-order valence-corrected chi connectivity index (χ2v) is 4.23. The molecule has 21 heavy (non-hydrogen) atoms. The molecule has 0 bridgehead atoms. The highest BCUT2D eigenvalue weighted by atomic mass is 16.5. The molecule has 0 atom stereocenters. The van der Waals surface area contributed by atoms with Gasteiger partial charge in [-0.05, 0) is 12.1 Å². The first-order valence-electron chi connectivity index (χ1n) is 6.26. The number of aliphatic imine (C=N–C) groups is 1. The van der Waals surface area contributed by atoms with E-state index < -0.39 is 0 Å². The molecule has 1 aromatic carbocycles. The lowest BCUT2D eigenvalue weighted by molar-refractivity contribution is 0.405. The van der Waals surface area contributed by atoms with Crippen molar-refractivity contribution in [3.05, 3.63) is 30.4 Å². The van der Waals surface area contributed by atoms with Crippen molar-refractivity contribution in [3.8, 4) is 11.5 Å². The zero-order valence-electron chi connectivity index (χ0n) is 12.2. The summed E-state index contributed by atoms with van der Waals surface area (Å²) >= 11 is 0. The highest BCUT2D eigenvalue weighted by molar-refractivity contribution is 5.93. The van der Waals surface area contributed by atoms with E-state index in [1.54, 1.807) is 50.5 Å². The van der Waals surface area contributed by atoms with Crippen LogP contribution in [0.4, 0.5) is 5.69 Å². The Balaban J connectivity index is 2.09. The predicted molar refractivity (Wildman–Crippen MR) is 79.5 cm³/mol. The summed E-state index contributed by atoms with van der Waals surface area (Å²) in [6.07, 6.45) is 1.61. The molecule has 0 radical (unpaired) electrons. The van der Waals surface area contributed by atoms with Crippen molar-refractivity contribution < 1.29 is 9.47 Å². The lowest BCUT2D eigenvalue weighted by Gasteiger charge is -2.11. The third-order valence-electron chi connectivity index (χ3n) is 2.71. The Bertz CT molecular complexity index is 637.